The smallest absolute Gasteiger partial charge is 0.188 e. The van der Waals surface area contributed by atoms with E-state index in [1.165, 1.54) is 7.11 Å². The molecule has 0 aliphatic rings. The molecule has 0 radical (unpaired) electrons. The lowest BCUT2D eigenvalue weighted by atomic mass is 10.3. The molecule has 3 aromatic heterocycles. The average molecular weight is 334 g/mol. The van der Waals surface area contributed by atoms with Crippen LogP contribution >= 0.6 is 0 Å². The molecule has 0 saturated carbocycles. The lowest BCUT2D eigenvalue weighted by molar-refractivity contribution is 0.401. The Morgan fingerprint density at radius 2 is 2.00 bits per heavy atom. The number of sulfone groups is 1. The summed E-state index contributed by atoms with van der Waals surface area (Å²) in [5.74, 6) is 0.289. The Bertz CT molecular complexity index is 951. The van der Waals surface area contributed by atoms with Gasteiger partial charge >= 0.3 is 0 Å². The molecule has 122 valence electrons. The summed E-state index contributed by atoms with van der Waals surface area (Å²) in [6.45, 7) is 4.99. The molecule has 0 atom stereocenters. The first kappa shape index (κ1) is 15.5. The topological polar surface area (TPSA) is 89.3 Å². The number of imidazole rings is 1. The molecular formula is C15H18N4O3S. The van der Waals surface area contributed by atoms with E-state index in [-0.39, 0.29) is 10.6 Å². The van der Waals surface area contributed by atoms with Crippen LogP contribution in [0.25, 0.3) is 16.9 Å². The zero-order chi connectivity index (χ0) is 16.8. The number of rotatable bonds is 3. The van der Waals surface area contributed by atoms with Crippen molar-refractivity contribution in [3.63, 3.8) is 0 Å². The largest absolute Gasteiger partial charge is 0.495 e. The van der Waals surface area contributed by atoms with E-state index in [0.29, 0.717) is 5.65 Å². The van der Waals surface area contributed by atoms with Crippen molar-refractivity contribution in [3.05, 3.63) is 30.9 Å². The molecule has 23 heavy (non-hydrogen) atoms. The Morgan fingerprint density at radius 3 is 2.57 bits per heavy atom. The fraction of sp³-hybridized carbons (Fsp3) is 0.333. The number of hydrogen-bond acceptors (Lipinski definition) is 5. The second-order valence-corrected chi connectivity index (χ2v) is 8.85. The molecule has 3 aromatic rings. The van der Waals surface area contributed by atoms with Gasteiger partial charge in [-0.15, -0.1) is 0 Å². The monoisotopic (exact) mass is 334 g/mol. The van der Waals surface area contributed by atoms with E-state index in [0.717, 1.165) is 11.3 Å². The maximum Gasteiger partial charge on any atom is 0.188 e. The van der Waals surface area contributed by atoms with E-state index in [9.17, 15) is 8.42 Å². The molecule has 0 fully saturated rings. The van der Waals surface area contributed by atoms with Gasteiger partial charge in [-0.1, -0.05) is 0 Å². The molecule has 7 nitrogen and oxygen atoms in total. The van der Waals surface area contributed by atoms with Crippen LogP contribution in [0.1, 0.15) is 20.8 Å². The third-order valence-corrected chi connectivity index (χ3v) is 6.18. The summed E-state index contributed by atoms with van der Waals surface area (Å²) in [4.78, 5) is 4.46. The average Bonchev–Trinajstić information content (AvgIpc) is 3.12. The zero-order valence-corrected chi connectivity index (χ0v) is 14.2. The van der Waals surface area contributed by atoms with Crippen molar-refractivity contribution < 1.29 is 13.2 Å². The van der Waals surface area contributed by atoms with E-state index >= 15 is 0 Å². The van der Waals surface area contributed by atoms with Gasteiger partial charge in [0.25, 0.3) is 0 Å². The Morgan fingerprint density at radius 1 is 1.26 bits per heavy atom. The highest BCUT2D eigenvalue weighted by atomic mass is 32.2. The number of nitrogens with one attached hydrogen (secondary N) is 1. The predicted molar refractivity (Wildman–Crippen MR) is 86.3 cm³/mol. The molecular weight excluding hydrogens is 316 g/mol. The molecule has 1 N–H and O–H groups in total. The first-order valence-electron chi connectivity index (χ1n) is 7.04. The summed E-state index contributed by atoms with van der Waals surface area (Å²) >= 11 is 0. The van der Waals surface area contributed by atoms with E-state index < -0.39 is 14.6 Å². The van der Waals surface area contributed by atoms with Gasteiger partial charge in [0, 0.05) is 24.0 Å². The number of nitrogens with zero attached hydrogens (tertiary/aromatic N) is 3. The highest BCUT2D eigenvalue weighted by Crippen LogP contribution is 2.34. The number of aromatic amines is 1. The van der Waals surface area contributed by atoms with Crippen LogP contribution in [0, 0.1) is 0 Å². The maximum atomic E-state index is 12.9. The van der Waals surface area contributed by atoms with Gasteiger partial charge < -0.3 is 4.74 Å². The number of aromatic nitrogens is 4. The minimum atomic E-state index is -3.57. The summed E-state index contributed by atoms with van der Waals surface area (Å²) < 4.78 is 31.8. The molecule has 0 unspecified atom stereocenters. The molecule has 0 aromatic carbocycles. The van der Waals surface area contributed by atoms with Crippen LogP contribution in [0.2, 0.25) is 0 Å². The lowest BCUT2D eigenvalue weighted by Gasteiger charge is -2.21. The summed E-state index contributed by atoms with van der Waals surface area (Å²) in [6.07, 6.45) is 6.62. The molecule has 0 aliphatic heterocycles. The van der Waals surface area contributed by atoms with E-state index in [4.69, 9.17) is 4.74 Å². The maximum absolute atomic E-state index is 12.9. The number of hydrogen-bond donors (Lipinski definition) is 1. The van der Waals surface area contributed by atoms with Gasteiger partial charge in [0.1, 0.15) is 16.3 Å². The van der Waals surface area contributed by atoms with Crippen molar-refractivity contribution in [1.82, 2.24) is 19.6 Å². The van der Waals surface area contributed by atoms with Gasteiger partial charge in [-0.2, -0.15) is 5.10 Å². The molecule has 3 heterocycles. The van der Waals surface area contributed by atoms with Gasteiger partial charge in [0.2, 0.25) is 0 Å². The molecule has 0 amide bonds. The third-order valence-electron chi connectivity index (χ3n) is 3.68. The standard InChI is InChI=1S/C15H18N4O3S/c1-15(2,3)23(20,21)13-9-19-11(10-6-17-18-7-10)8-16-14(19)5-12(13)22-4/h5-9H,1-4H3,(H,17,18). The van der Waals surface area contributed by atoms with Crippen LogP contribution in [0.5, 0.6) is 5.75 Å². The number of methoxy groups -OCH3 is 1. The van der Waals surface area contributed by atoms with Crippen molar-refractivity contribution in [2.24, 2.45) is 0 Å². The minimum absolute atomic E-state index is 0.141. The van der Waals surface area contributed by atoms with Gasteiger partial charge in [0.05, 0.1) is 29.9 Å². The summed E-state index contributed by atoms with van der Waals surface area (Å²) in [5.41, 5.74) is 2.18. The van der Waals surface area contributed by atoms with Crippen LogP contribution < -0.4 is 4.74 Å². The van der Waals surface area contributed by atoms with Crippen molar-refractivity contribution in [2.75, 3.05) is 7.11 Å². The van der Waals surface area contributed by atoms with Crippen LogP contribution in [0.3, 0.4) is 0 Å². The minimum Gasteiger partial charge on any atom is -0.495 e. The quantitative estimate of drug-likeness (QED) is 0.794. The first-order chi connectivity index (χ1) is 10.8. The molecule has 0 bridgehead atoms. The number of fused-ring (bicyclic) bond motifs is 1. The Balaban J connectivity index is 2.32. The summed E-state index contributed by atoms with van der Waals surface area (Å²) in [7, 11) is -2.12. The summed E-state index contributed by atoms with van der Waals surface area (Å²) in [5, 5.41) is 6.66. The summed E-state index contributed by atoms with van der Waals surface area (Å²) in [6, 6.07) is 1.63. The molecule has 8 heteroatoms. The Labute approximate surface area is 134 Å². The van der Waals surface area contributed by atoms with Gasteiger partial charge in [-0.25, -0.2) is 13.4 Å². The zero-order valence-electron chi connectivity index (χ0n) is 13.4. The highest BCUT2D eigenvalue weighted by Gasteiger charge is 2.34. The van der Waals surface area contributed by atoms with Gasteiger partial charge in [-0.3, -0.25) is 9.50 Å². The third kappa shape index (κ3) is 2.39. The number of H-pyrrole nitrogens is 1. The Hall–Kier alpha value is -2.35. The van der Waals surface area contributed by atoms with Crippen LogP contribution in [-0.2, 0) is 9.84 Å². The van der Waals surface area contributed by atoms with E-state index in [1.54, 1.807) is 56.0 Å². The normalized spacial score (nSPS) is 12.7. The second kappa shape index (κ2) is 5.09. The Kier molecular flexibility index (Phi) is 3.44. The number of pyridine rings is 1. The predicted octanol–water partition coefficient (Wildman–Crippen LogP) is 2.31. The van der Waals surface area contributed by atoms with Crippen molar-refractivity contribution in [2.45, 2.75) is 30.4 Å². The van der Waals surface area contributed by atoms with Crippen molar-refractivity contribution in [1.29, 1.82) is 0 Å². The van der Waals surface area contributed by atoms with Gasteiger partial charge in [-0.05, 0) is 20.8 Å². The van der Waals surface area contributed by atoms with Crippen molar-refractivity contribution in [3.8, 4) is 17.0 Å². The first-order valence-corrected chi connectivity index (χ1v) is 8.53. The molecule has 0 aliphatic carbocycles. The van der Waals surface area contributed by atoms with Crippen LogP contribution in [-0.4, -0.2) is 39.9 Å². The fourth-order valence-electron chi connectivity index (χ4n) is 2.28. The van der Waals surface area contributed by atoms with Crippen LogP contribution in [0.4, 0.5) is 0 Å². The lowest BCUT2D eigenvalue weighted by Crippen LogP contribution is -2.28. The number of ether oxygens (including phenoxy) is 1. The molecule has 0 spiro atoms. The van der Waals surface area contributed by atoms with E-state index in [2.05, 4.69) is 15.2 Å². The molecule has 3 rings (SSSR count). The van der Waals surface area contributed by atoms with Gasteiger partial charge in [0.15, 0.2) is 9.84 Å². The fourth-order valence-corrected chi connectivity index (χ4v) is 3.59. The SMILES string of the molecule is COc1cc2ncc(-c3cn[nH]c3)n2cc1S(=O)(=O)C(C)(C)C. The highest BCUT2D eigenvalue weighted by molar-refractivity contribution is 7.92. The van der Waals surface area contributed by atoms with Crippen molar-refractivity contribution >= 4 is 15.5 Å². The van der Waals surface area contributed by atoms with Crippen LogP contribution in [0.15, 0.2) is 35.7 Å². The second-order valence-electron chi connectivity index (χ2n) is 6.18. The van der Waals surface area contributed by atoms with E-state index in [1.807, 2.05) is 0 Å². The molecule has 0 saturated heterocycles.